The van der Waals surface area contributed by atoms with Crippen molar-refractivity contribution in [3.8, 4) is 0 Å². The lowest BCUT2D eigenvalue weighted by Gasteiger charge is -2.35. The molecule has 2 nitrogen and oxygen atoms in total. The Bertz CT molecular complexity index is 822. The summed E-state index contributed by atoms with van der Waals surface area (Å²) in [5.41, 5.74) is 4.27. The number of nitrogens with zero attached hydrogens (tertiary/aromatic N) is 2. The van der Waals surface area contributed by atoms with E-state index in [1.807, 2.05) is 27.7 Å². The fourth-order valence-corrected chi connectivity index (χ4v) is 5.63. The molecule has 4 rings (SSSR count). The summed E-state index contributed by atoms with van der Waals surface area (Å²) >= 11 is 2.08. The van der Waals surface area contributed by atoms with Crippen LogP contribution in [-0.2, 0) is 6.42 Å². The Hall–Kier alpha value is -2.07. The highest BCUT2D eigenvalue weighted by molar-refractivity contribution is 7.99. The molecule has 3 aromatic carbocycles. The van der Waals surface area contributed by atoms with E-state index in [0.717, 1.165) is 0 Å². The van der Waals surface area contributed by atoms with Crippen LogP contribution in [0.3, 0.4) is 0 Å². The number of thioether (sulfide) groups is 1. The van der Waals surface area contributed by atoms with E-state index < -0.39 is 0 Å². The first-order valence-corrected chi connectivity index (χ1v) is 14.6. The number of piperazine rings is 1. The zero-order valence-electron chi connectivity index (χ0n) is 22.4. The van der Waals surface area contributed by atoms with Crippen LogP contribution < -0.4 is 0 Å². The van der Waals surface area contributed by atoms with Gasteiger partial charge in [-0.2, -0.15) is 0 Å². The second-order valence-electron chi connectivity index (χ2n) is 8.34. The third-order valence-corrected chi connectivity index (χ3v) is 7.44. The molecular weight excluding hydrogens is 444 g/mol. The van der Waals surface area contributed by atoms with Crippen molar-refractivity contribution in [2.24, 2.45) is 0 Å². The van der Waals surface area contributed by atoms with Crippen LogP contribution in [0.5, 0.6) is 0 Å². The van der Waals surface area contributed by atoms with Gasteiger partial charge in [0.25, 0.3) is 0 Å². The molecule has 0 aliphatic carbocycles. The van der Waals surface area contributed by atoms with E-state index in [4.69, 9.17) is 0 Å². The maximum absolute atomic E-state index is 2.65. The van der Waals surface area contributed by atoms with Crippen LogP contribution in [0, 0.1) is 0 Å². The molecule has 1 saturated heterocycles. The number of rotatable bonds is 10. The highest BCUT2D eigenvalue weighted by Crippen LogP contribution is 2.35. The molecule has 35 heavy (non-hydrogen) atoms. The van der Waals surface area contributed by atoms with Gasteiger partial charge >= 0.3 is 0 Å². The maximum atomic E-state index is 2.65. The summed E-state index contributed by atoms with van der Waals surface area (Å²) in [5, 5.41) is 0.418. The summed E-state index contributed by atoms with van der Waals surface area (Å²) in [4.78, 5) is 5.29. The molecule has 0 spiro atoms. The average molecular weight is 491 g/mol. The van der Waals surface area contributed by atoms with E-state index in [-0.39, 0.29) is 0 Å². The van der Waals surface area contributed by atoms with E-state index in [2.05, 4.69) is 113 Å². The van der Waals surface area contributed by atoms with Crippen LogP contribution >= 0.6 is 11.8 Å². The predicted octanol–water partition coefficient (Wildman–Crippen LogP) is 7.81. The Labute approximate surface area is 219 Å². The number of hydrogen-bond acceptors (Lipinski definition) is 3. The first kappa shape index (κ1) is 29.2. The number of benzene rings is 3. The van der Waals surface area contributed by atoms with Crippen LogP contribution in [0.2, 0.25) is 0 Å². The van der Waals surface area contributed by atoms with E-state index in [1.54, 1.807) is 0 Å². The summed E-state index contributed by atoms with van der Waals surface area (Å²) in [5.74, 6) is 1.17. The molecule has 190 valence electrons. The summed E-state index contributed by atoms with van der Waals surface area (Å²) in [6, 6.07) is 32.8. The van der Waals surface area contributed by atoms with Crippen molar-refractivity contribution in [2.45, 2.75) is 45.8 Å². The minimum Gasteiger partial charge on any atom is -0.301 e. The fraction of sp³-hybridized carbons (Fsp3) is 0.438. The van der Waals surface area contributed by atoms with Gasteiger partial charge in [0.2, 0.25) is 0 Å². The monoisotopic (exact) mass is 490 g/mol. The largest absolute Gasteiger partial charge is 0.301 e. The Morgan fingerprint density at radius 2 is 1.03 bits per heavy atom. The second kappa shape index (κ2) is 18.2. The van der Waals surface area contributed by atoms with Crippen molar-refractivity contribution in [3.05, 3.63) is 108 Å². The zero-order chi connectivity index (χ0) is 25.1. The summed E-state index contributed by atoms with van der Waals surface area (Å²) in [7, 11) is 0. The molecular formula is C32H46N2S. The van der Waals surface area contributed by atoms with Crippen molar-refractivity contribution in [1.29, 1.82) is 0 Å². The Balaban J connectivity index is 0.00000103. The van der Waals surface area contributed by atoms with E-state index in [9.17, 15) is 0 Å². The van der Waals surface area contributed by atoms with Gasteiger partial charge in [-0.25, -0.2) is 0 Å². The van der Waals surface area contributed by atoms with E-state index in [0.29, 0.717) is 5.25 Å². The fourth-order valence-electron chi connectivity index (χ4n) is 4.33. The molecule has 1 heterocycles. The highest BCUT2D eigenvalue weighted by Gasteiger charge is 2.18. The third-order valence-electron chi connectivity index (χ3n) is 6.14. The van der Waals surface area contributed by atoms with Gasteiger partial charge in [0.15, 0.2) is 0 Å². The molecule has 1 aliphatic rings. The SMILES string of the molecule is CC.CC.c1ccc(CCCN2CCN(CCSC(c3ccccc3)c3ccccc3)CC2)cc1. The molecule has 0 unspecified atom stereocenters. The molecule has 0 aromatic heterocycles. The first-order chi connectivity index (χ1) is 17.4. The normalized spacial score (nSPS) is 14.0. The molecule has 0 bridgehead atoms. The van der Waals surface area contributed by atoms with Crippen LogP contribution in [-0.4, -0.2) is 54.8 Å². The predicted molar refractivity (Wildman–Crippen MR) is 158 cm³/mol. The van der Waals surface area contributed by atoms with Crippen LogP contribution in [0.1, 0.15) is 56.1 Å². The lowest BCUT2D eigenvalue weighted by Crippen LogP contribution is -2.47. The second-order valence-corrected chi connectivity index (χ2v) is 9.56. The lowest BCUT2D eigenvalue weighted by molar-refractivity contribution is 0.137. The Morgan fingerprint density at radius 1 is 0.600 bits per heavy atom. The molecule has 0 atom stereocenters. The number of hydrogen-bond donors (Lipinski definition) is 0. The van der Waals surface area contributed by atoms with E-state index in [1.165, 1.54) is 74.6 Å². The third kappa shape index (κ3) is 10.6. The van der Waals surface area contributed by atoms with Crippen LogP contribution in [0.4, 0.5) is 0 Å². The van der Waals surface area contributed by atoms with Crippen molar-refractivity contribution >= 4 is 11.8 Å². The van der Waals surface area contributed by atoms with Gasteiger partial charge in [-0.05, 0) is 36.1 Å². The van der Waals surface area contributed by atoms with Gasteiger partial charge in [0, 0.05) is 38.5 Å². The summed E-state index contributed by atoms with van der Waals surface area (Å²) in [6.45, 7) is 15.2. The molecule has 0 saturated carbocycles. The van der Waals surface area contributed by atoms with Gasteiger partial charge in [0.05, 0.1) is 5.25 Å². The van der Waals surface area contributed by atoms with Gasteiger partial charge in [-0.15, -0.1) is 11.8 Å². The molecule has 1 fully saturated rings. The van der Waals surface area contributed by atoms with Gasteiger partial charge in [-0.3, -0.25) is 4.90 Å². The van der Waals surface area contributed by atoms with Crippen molar-refractivity contribution in [3.63, 3.8) is 0 Å². The summed E-state index contributed by atoms with van der Waals surface area (Å²) < 4.78 is 0. The Kier molecular flexibility index (Phi) is 15.2. The summed E-state index contributed by atoms with van der Waals surface area (Å²) in [6.07, 6.45) is 2.45. The van der Waals surface area contributed by atoms with E-state index >= 15 is 0 Å². The van der Waals surface area contributed by atoms with Gasteiger partial charge in [0.1, 0.15) is 0 Å². The lowest BCUT2D eigenvalue weighted by atomic mass is 10.0. The molecule has 0 N–H and O–H groups in total. The van der Waals surface area contributed by atoms with Gasteiger partial charge in [-0.1, -0.05) is 119 Å². The quantitative estimate of drug-likeness (QED) is 0.286. The molecule has 0 radical (unpaired) electrons. The average Bonchev–Trinajstić information content (AvgIpc) is 2.96. The standard InChI is InChI=1S/C28H34N2S.2C2H6/c1-4-11-25(12-5-1)13-10-18-29-19-21-30(22-20-29)23-24-31-28(26-14-6-2-7-15-26)27-16-8-3-9-17-27;2*1-2/h1-9,11-12,14-17,28H,10,13,18-24H2;2*1-2H3. The van der Waals surface area contributed by atoms with Crippen molar-refractivity contribution in [2.75, 3.05) is 45.0 Å². The molecule has 0 amide bonds. The Morgan fingerprint density at radius 3 is 1.51 bits per heavy atom. The van der Waals surface area contributed by atoms with Crippen molar-refractivity contribution in [1.82, 2.24) is 9.80 Å². The minimum atomic E-state index is 0.418. The number of aryl methyl sites for hydroxylation is 1. The first-order valence-electron chi connectivity index (χ1n) is 13.6. The van der Waals surface area contributed by atoms with Crippen LogP contribution in [0.15, 0.2) is 91.0 Å². The maximum Gasteiger partial charge on any atom is 0.0547 e. The van der Waals surface area contributed by atoms with Crippen LogP contribution in [0.25, 0.3) is 0 Å². The topological polar surface area (TPSA) is 6.48 Å². The van der Waals surface area contributed by atoms with Crippen molar-refractivity contribution < 1.29 is 0 Å². The molecule has 3 heteroatoms. The minimum absolute atomic E-state index is 0.418. The molecule has 1 aliphatic heterocycles. The highest BCUT2D eigenvalue weighted by atomic mass is 32.2. The van der Waals surface area contributed by atoms with Gasteiger partial charge < -0.3 is 4.90 Å². The molecule has 3 aromatic rings. The zero-order valence-corrected chi connectivity index (χ0v) is 23.2. The smallest absolute Gasteiger partial charge is 0.0547 e.